The second-order valence-electron chi connectivity index (χ2n) is 20.6. The summed E-state index contributed by atoms with van der Waals surface area (Å²) in [6.45, 7) is 14.2. The first-order valence-corrected chi connectivity index (χ1v) is 25.7. The van der Waals surface area contributed by atoms with Gasteiger partial charge in [-0.2, -0.15) is 0 Å². The molecular weight excluding hydrogens is 731 g/mol. The van der Waals surface area contributed by atoms with Gasteiger partial charge in [-0.25, -0.2) is 4.79 Å². The van der Waals surface area contributed by atoms with Gasteiger partial charge in [-0.1, -0.05) is 111 Å². The molecule has 0 radical (unpaired) electrons. The number of nitrogens with one attached hydrogen (secondary N) is 3. The molecule has 4 unspecified atom stereocenters. The van der Waals surface area contributed by atoms with E-state index in [1.54, 1.807) is 0 Å². The van der Waals surface area contributed by atoms with Crippen molar-refractivity contribution < 1.29 is 19.1 Å². The van der Waals surface area contributed by atoms with Crippen LogP contribution in [0.15, 0.2) is 12.2 Å². The summed E-state index contributed by atoms with van der Waals surface area (Å²) >= 11 is 0. The predicted octanol–water partition coefficient (Wildman–Crippen LogP) is 13.4. The van der Waals surface area contributed by atoms with E-state index in [1.165, 1.54) is 128 Å². The van der Waals surface area contributed by atoms with Crippen molar-refractivity contribution in [1.29, 1.82) is 0 Å². The number of hydrogen-bond donors (Lipinski definition) is 3. The van der Waals surface area contributed by atoms with Gasteiger partial charge in [-0.05, 0) is 162 Å². The zero-order valence-electron chi connectivity index (χ0n) is 39.2. The van der Waals surface area contributed by atoms with Crippen LogP contribution in [0.25, 0.3) is 0 Å². The van der Waals surface area contributed by atoms with E-state index in [-0.39, 0.29) is 24.0 Å². The van der Waals surface area contributed by atoms with E-state index in [4.69, 9.17) is 4.74 Å². The van der Waals surface area contributed by atoms with E-state index in [2.05, 4.69) is 62.7 Å². The Bertz CT molecular complexity index is 1240. The van der Waals surface area contributed by atoms with Crippen LogP contribution in [-0.4, -0.2) is 43.6 Å². The quantitative estimate of drug-likeness (QED) is 0.0517. The highest BCUT2D eigenvalue weighted by atomic mass is 16.6. The van der Waals surface area contributed by atoms with Crippen molar-refractivity contribution >= 4 is 17.9 Å². The SMILES string of the molecule is CCCCCCCC/C=C\CCCCCCCCNC(=O)O[C@@H]1CC[C@@]2(C)C(CCC3C2CC[C@@]2(C)C3CC[C@@H]2[C@H](C)CCC(=O)NCCCCCC(=O)NCCC)C1. The first-order chi connectivity index (χ1) is 28.6. The van der Waals surface area contributed by atoms with E-state index in [1.807, 2.05) is 0 Å². The van der Waals surface area contributed by atoms with Crippen LogP contribution in [0.3, 0.4) is 0 Å². The van der Waals surface area contributed by atoms with Crippen LogP contribution >= 0.6 is 0 Å². The van der Waals surface area contributed by atoms with Gasteiger partial charge in [-0.15, -0.1) is 0 Å². The Labute approximate surface area is 363 Å². The van der Waals surface area contributed by atoms with Crippen molar-refractivity contribution in [3.05, 3.63) is 12.2 Å². The molecular formula is C52H93N3O4. The van der Waals surface area contributed by atoms with E-state index in [9.17, 15) is 14.4 Å². The summed E-state index contributed by atoms with van der Waals surface area (Å²) in [5.74, 6) is 4.72. The number of hydrogen-bond acceptors (Lipinski definition) is 4. The molecule has 0 aromatic heterocycles. The standard InChI is InChI=1S/C52H93N3O4/c1-6-8-9-10-11-12-13-14-15-16-17-18-19-20-21-24-39-55-50(58)59-43-33-35-51(4)42(40-43)28-29-44-46-31-30-45(52(46,5)36-34-47(44)51)41(3)27-32-49(57)54-38-25-22-23-26-48(56)53-37-7-2/h14-15,41-47H,6-13,16-40H2,1-5H3,(H,53,56)(H,54,57)(H,55,58)/b15-14-/t41-,42?,43-,44?,45-,46?,47?,51+,52-/m1/s1. The fourth-order valence-electron chi connectivity index (χ4n) is 12.9. The Kier molecular flexibility index (Phi) is 22.8. The van der Waals surface area contributed by atoms with Gasteiger partial charge in [0, 0.05) is 32.5 Å². The van der Waals surface area contributed by atoms with Gasteiger partial charge >= 0.3 is 6.09 Å². The minimum atomic E-state index is -0.197. The Hall–Kier alpha value is -2.05. The Morgan fingerprint density at radius 1 is 0.610 bits per heavy atom. The molecule has 7 heteroatoms. The van der Waals surface area contributed by atoms with Crippen LogP contribution < -0.4 is 16.0 Å². The molecule has 0 aromatic carbocycles. The molecule has 0 heterocycles. The van der Waals surface area contributed by atoms with Crippen LogP contribution in [0.1, 0.15) is 227 Å². The third-order valence-corrected chi connectivity index (χ3v) is 16.4. The minimum absolute atomic E-state index is 0.0655. The molecule has 3 N–H and O–H groups in total. The van der Waals surface area contributed by atoms with Crippen LogP contribution in [-0.2, 0) is 14.3 Å². The fraction of sp³-hybridized carbons (Fsp3) is 0.904. The van der Waals surface area contributed by atoms with E-state index in [0.29, 0.717) is 48.0 Å². The average Bonchev–Trinajstić information content (AvgIpc) is 3.59. The summed E-state index contributed by atoms with van der Waals surface area (Å²) in [4.78, 5) is 37.4. The highest BCUT2D eigenvalue weighted by Crippen LogP contribution is 2.68. The molecule has 340 valence electrons. The third-order valence-electron chi connectivity index (χ3n) is 16.4. The van der Waals surface area contributed by atoms with Gasteiger partial charge < -0.3 is 20.7 Å². The van der Waals surface area contributed by atoms with Gasteiger partial charge in [0.05, 0.1) is 0 Å². The van der Waals surface area contributed by atoms with E-state index < -0.39 is 0 Å². The molecule has 4 aliphatic carbocycles. The lowest BCUT2D eigenvalue weighted by Gasteiger charge is -2.61. The molecule has 59 heavy (non-hydrogen) atoms. The molecule has 4 saturated carbocycles. The highest BCUT2D eigenvalue weighted by Gasteiger charge is 2.60. The number of carbonyl (C=O) groups is 3. The largest absolute Gasteiger partial charge is 0.446 e. The summed E-state index contributed by atoms with van der Waals surface area (Å²) in [5.41, 5.74) is 0.764. The van der Waals surface area contributed by atoms with Crippen molar-refractivity contribution in [1.82, 2.24) is 16.0 Å². The Morgan fingerprint density at radius 2 is 1.20 bits per heavy atom. The van der Waals surface area contributed by atoms with Crippen LogP contribution in [0.4, 0.5) is 4.79 Å². The maximum absolute atomic E-state index is 12.8. The monoisotopic (exact) mass is 824 g/mol. The number of unbranched alkanes of at least 4 members (excludes halogenated alkanes) is 14. The van der Waals surface area contributed by atoms with Gasteiger partial charge in [0.2, 0.25) is 11.8 Å². The zero-order chi connectivity index (χ0) is 42.4. The van der Waals surface area contributed by atoms with Gasteiger partial charge in [0.1, 0.15) is 6.10 Å². The van der Waals surface area contributed by atoms with Gasteiger partial charge in [-0.3, -0.25) is 9.59 Å². The molecule has 0 saturated heterocycles. The molecule has 4 aliphatic rings. The average molecular weight is 824 g/mol. The lowest BCUT2D eigenvalue weighted by molar-refractivity contribution is -0.130. The fourth-order valence-corrected chi connectivity index (χ4v) is 12.9. The van der Waals surface area contributed by atoms with Crippen molar-refractivity contribution in [2.24, 2.45) is 46.3 Å². The number of rotatable bonds is 29. The van der Waals surface area contributed by atoms with Gasteiger partial charge in [0.15, 0.2) is 0 Å². The minimum Gasteiger partial charge on any atom is -0.446 e. The smallest absolute Gasteiger partial charge is 0.407 e. The van der Waals surface area contributed by atoms with Crippen molar-refractivity contribution in [3.8, 4) is 0 Å². The molecule has 0 aromatic rings. The summed E-state index contributed by atoms with van der Waals surface area (Å²) in [6, 6.07) is 0. The normalized spacial score (nSPS) is 29.3. The second-order valence-corrected chi connectivity index (χ2v) is 20.6. The molecule has 0 bridgehead atoms. The second kappa shape index (κ2) is 27.1. The molecule has 9 atom stereocenters. The molecule has 7 nitrogen and oxygen atoms in total. The van der Waals surface area contributed by atoms with Crippen LogP contribution in [0.2, 0.25) is 0 Å². The summed E-state index contributed by atoms with van der Waals surface area (Å²) in [6.07, 6.45) is 40.0. The topological polar surface area (TPSA) is 96.5 Å². The molecule has 4 fully saturated rings. The maximum atomic E-state index is 12.8. The number of carbonyl (C=O) groups excluding carboxylic acids is 3. The predicted molar refractivity (Wildman–Crippen MR) is 246 cm³/mol. The Balaban J connectivity index is 1.06. The molecule has 4 rings (SSSR count). The van der Waals surface area contributed by atoms with E-state index in [0.717, 1.165) is 82.2 Å². The number of amides is 3. The number of allylic oxidation sites excluding steroid dienone is 2. The number of fused-ring (bicyclic) bond motifs is 5. The molecule has 0 aliphatic heterocycles. The molecule has 0 spiro atoms. The van der Waals surface area contributed by atoms with E-state index >= 15 is 0 Å². The maximum Gasteiger partial charge on any atom is 0.407 e. The first-order valence-electron chi connectivity index (χ1n) is 25.7. The highest BCUT2D eigenvalue weighted by molar-refractivity contribution is 5.76. The van der Waals surface area contributed by atoms with Crippen molar-refractivity contribution in [2.75, 3.05) is 19.6 Å². The summed E-state index contributed by atoms with van der Waals surface area (Å²) in [7, 11) is 0. The number of alkyl carbamates (subject to hydrolysis) is 1. The first kappa shape index (κ1) is 49.6. The van der Waals surface area contributed by atoms with Crippen LogP contribution in [0.5, 0.6) is 0 Å². The van der Waals surface area contributed by atoms with Crippen molar-refractivity contribution in [2.45, 2.75) is 233 Å². The van der Waals surface area contributed by atoms with Gasteiger partial charge in [0.25, 0.3) is 0 Å². The Morgan fingerprint density at radius 3 is 1.92 bits per heavy atom. The van der Waals surface area contributed by atoms with Crippen molar-refractivity contribution in [3.63, 3.8) is 0 Å². The van der Waals surface area contributed by atoms with Crippen LogP contribution in [0, 0.1) is 46.3 Å². The lowest BCUT2D eigenvalue weighted by Crippen LogP contribution is -2.54. The summed E-state index contributed by atoms with van der Waals surface area (Å²) < 4.78 is 6.07. The lowest BCUT2D eigenvalue weighted by atomic mass is 9.44. The third kappa shape index (κ3) is 16.0. The summed E-state index contributed by atoms with van der Waals surface area (Å²) in [5, 5.41) is 9.18. The zero-order valence-corrected chi connectivity index (χ0v) is 39.2. The number of ether oxygens (including phenoxy) is 1. The molecule has 3 amide bonds.